The van der Waals surface area contributed by atoms with Crippen LogP contribution in [0.3, 0.4) is 0 Å². The highest BCUT2D eigenvalue weighted by Gasteiger charge is 2.05. The lowest BCUT2D eigenvalue weighted by atomic mass is 9.97. The molecule has 0 bridgehead atoms. The Hall–Kier alpha value is -1.42. The summed E-state index contributed by atoms with van der Waals surface area (Å²) in [6.07, 6.45) is 1.01. The fourth-order valence-electron chi connectivity index (χ4n) is 1.88. The van der Waals surface area contributed by atoms with Crippen LogP contribution < -0.4 is 4.74 Å². The van der Waals surface area contributed by atoms with Crippen molar-refractivity contribution >= 4 is 0 Å². The van der Waals surface area contributed by atoms with Crippen LogP contribution in [0.25, 0.3) is 0 Å². The number of benzene rings is 1. The quantitative estimate of drug-likeness (QED) is 0.704. The SMILES string of the molecule is CC#CC(C)Cc1ccc(OCC(C)C)cc1C. The second-order valence-corrected chi connectivity index (χ2v) is 5.29. The Kier molecular flexibility index (Phi) is 5.78. The Morgan fingerprint density at radius 2 is 1.94 bits per heavy atom. The van der Waals surface area contributed by atoms with Crippen LogP contribution in [0.15, 0.2) is 18.2 Å². The lowest BCUT2D eigenvalue weighted by molar-refractivity contribution is 0.271. The van der Waals surface area contributed by atoms with Gasteiger partial charge in [0.05, 0.1) is 6.61 Å². The van der Waals surface area contributed by atoms with E-state index in [1.807, 2.05) is 6.92 Å². The van der Waals surface area contributed by atoms with Gasteiger partial charge in [-0.25, -0.2) is 0 Å². The van der Waals surface area contributed by atoms with Gasteiger partial charge in [-0.3, -0.25) is 0 Å². The Morgan fingerprint density at radius 1 is 1.22 bits per heavy atom. The molecule has 1 aromatic rings. The maximum absolute atomic E-state index is 5.73. The summed E-state index contributed by atoms with van der Waals surface area (Å²) in [6, 6.07) is 6.36. The van der Waals surface area contributed by atoms with Crippen LogP contribution >= 0.6 is 0 Å². The molecule has 98 valence electrons. The van der Waals surface area contributed by atoms with Crippen LogP contribution in [0.1, 0.15) is 38.8 Å². The summed E-state index contributed by atoms with van der Waals surface area (Å²) in [5.74, 6) is 8.12. The van der Waals surface area contributed by atoms with E-state index in [0.29, 0.717) is 11.8 Å². The van der Waals surface area contributed by atoms with Gasteiger partial charge in [0.2, 0.25) is 0 Å². The van der Waals surface area contributed by atoms with E-state index < -0.39 is 0 Å². The molecule has 0 radical (unpaired) electrons. The molecule has 1 atom stereocenters. The van der Waals surface area contributed by atoms with E-state index in [2.05, 4.69) is 57.7 Å². The smallest absolute Gasteiger partial charge is 0.119 e. The molecule has 18 heavy (non-hydrogen) atoms. The summed E-state index contributed by atoms with van der Waals surface area (Å²) in [6.45, 7) is 11.3. The number of rotatable bonds is 5. The standard InChI is InChI=1S/C17H24O/c1-6-7-14(4)10-16-8-9-17(11-15(16)5)18-12-13(2)3/h8-9,11,13-14H,10,12H2,1-5H3. The minimum atomic E-state index is 0.413. The van der Waals surface area contributed by atoms with Crippen LogP contribution in [-0.4, -0.2) is 6.61 Å². The lowest BCUT2D eigenvalue weighted by Gasteiger charge is -2.12. The van der Waals surface area contributed by atoms with Crippen molar-refractivity contribution in [3.05, 3.63) is 29.3 Å². The molecule has 0 saturated carbocycles. The highest BCUT2D eigenvalue weighted by atomic mass is 16.5. The zero-order valence-corrected chi connectivity index (χ0v) is 12.2. The van der Waals surface area contributed by atoms with Crippen molar-refractivity contribution < 1.29 is 4.74 Å². The summed E-state index contributed by atoms with van der Waals surface area (Å²) < 4.78 is 5.73. The average molecular weight is 244 g/mol. The van der Waals surface area contributed by atoms with Gasteiger partial charge in [-0.05, 0) is 49.4 Å². The first kappa shape index (κ1) is 14.6. The van der Waals surface area contributed by atoms with E-state index in [9.17, 15) is 0 Å². The summed E-state index contributed by atoms with van der Waals surface area (Å²) in [5, 5.41) is 0. The number of hydrogen-bond acceptors (Lipinski definition) is 1. The molecular formula is C17H24O. The molecule has 1 heteroatoms. The van der Waals surface area contributed by atoms with Crippen molar-refractivity contribution in [3.8, 4) is 17.6 Å². The highest BCUT2D eigenvalue weighted by molar-refractivity contribution is 5.35. The van der Waals surface area contributed by atoms with E-state index in [4.69, 9.17) is 4.74 Å². The van der Waals surface area contributed by atoms with Crippen LogP contribution in [0.5, 0.6) is 5.75 Å². The van der Waals surface area contributed by atoms with Crippen LogP contribution in [0.2, 0.25) is 0 Å². The average Bonchev–Trinajstić information content (AvgIpc) is 2.30. The van der Waals surface area contributed by atoms with Crippen LogP contribution in [0, 0.1) is 30.6 Å². The first-order valence-corrected chi connectivity index (χ1v) is 6.67. The van der Waals surface area contributed by atoms with Gasteiger partial charge in [-0.1, -0.05) is 26.8 Å². The molecule has 1 nitrogen and oxygen atoms in total. The fraction of sp³-hybridized carbons (Fsp3) is 0.529. The summed E-state index contributed by atoms with van der Waals surface area (Å²) in [4.78, 5) is 0. The van der Waals surface area contributed by atoms with Crippen LogP contribution in [-0.2, 0) is 6.42 Å². The highest BCUT2D eigenvalue weighted by Crippen LogP contribution is 2.20. The van der Waals surface area contributed by atoms with Gasteiger partial charge in [-0.15, -0.1) is 11.8 Å². The molecule has 1 aromatic carbocycles. The Morgan fingerprint density at radius 3 is 2.50 bits per heavy atom. The van der Waals surface area contributed by atoms with Gasteiger partial charge < -0.3 is 4.74 Å². The molecule has 0 spiro atoms. The number of ether oxygens (including phenoxy) is 1. The zero-order valence-electron chi connectivity index (χ0n) is 12.2. The molecule has 0 saturated heterocycles. The molecule has 0 aromatic heterocycles. The summed E-state index contributed by atoms with van der Waals surface area (Å²) in [7, 11) is 0. The van der Waals surface area contributed by atoms with Crippen molar-refractivity contribution in [3.63, 3.8) is 0 Å². The minimum Gasteiger partial charge on any atom is -0.493 e. The third-order valence-electron chi connectivity index (χ3n) is 2.81. The molecule has 0 amide bonds. The molecule has 1 rings (SSSR count). The predicted molar refractivity (Wildman–Crippen MR) is 77.8 cm³/mol. The molecule has 0 fully saturated rings. The van der Waals surface area contributed by atoms with E-state index in [0.717, 1.165) is 18.8 Å². The monoisotopic (exact) mass is 244 g/mol. The summed E-state index contributed by atoms with van der Waals surface area (Å²) in [5.41, 5.74) is 2.66. The molecular weight excluding hydrogens is 220 g/mol. The predicted octanol–water partition coefficient (Wildman–Crippen LogP) is 4.23. The fourth-order valence-corrected chi connectivity index (χ4v) is 1.88. The Bertz CT molecular complexity index is 435. The number of hydrogen-bond donors (Lipinski definition) is 0. The first-order chi connectivity index (χ1) is 8.52. The first-order valence-electron chi connectivity index (χ1n) is 6.67. The minimum absolute atomic E-state index is 0.413. The molecule has 0 heterocycles. The summed E-state index contributed by atoms with van der Waals surface area (Å²) >= 11 is 0. The molecule has 0 aliphatic rings. The number of aryl methyl sites for hydroxylation is 1. The van der Waals surface area contributed by atoms with Gasteiger partial charge in [-0.2, -0.15) is 0 Å². The second kappa shape index (κ2) is 7.11. The van der Waals surface area contributed by atoms with Gasteiger partial charge >= 0.3 is 0 Å². The second-order valence-electron chi connectivity index (χ2n) is 5.29. The van der Waals surface area contributed by atoms with Crippen molar-refractivity contribution in [2.24, 2.45) is 11.8 Å². The third kappa shape index (κ3) is 4.84. The lowest BCUT2D eigenvalue weighted by Crippen LogP contribution is -2.05. The topological polar surface area (TPSA) is 9.23 Å². The zero-order chi connectivity index (χ0) is 13.5. The van der Waals surface area contributed by atoms with Gasteiger partial charge in [0.1, 0.15) is 5.75 Å². The molecule has 0 N–H and O–H groups in total. The Labute approximate surface area is 112 Å². The van der Waals surface area contributed by atoms with Gasteiger partial charge in [0.15, 0.2) is 0 Å². The maximum atomic E-state index is 5.73. The van der Waals surface area contributed by atoms with Crippen molar-refractivity contribution in [2.45, 2.75) is 41.0 Å². The van der Waals surface area contributed by atoms with Crippen LogP contribution in [0.4, 0.5) is 0 Å². The maximum Gasteiger partial charge on any atom is 0.119 e. The normalized spacial score (nSPS) is 11.9. The van der Waals surface area contributed by atoms with Crippen molar-refractivity contribution in [2.75, 3.05) is 6.61 Å². The molecule has 1 unspecified atom stereocenters. The van der Waals surface area contributed by atoms with Gasteiger partial charge in [0.25, 0.3) is 0 Å². The van der Waals surface area contributed by atoms with Crippen molar-refractivity contribution in [1.29, 1.82) is 0 Å². The van der Waals surface area contributed by atoms with Crippen molar-refractivity contribution in [1.82, 2.24) is 0 Å². The van der Waals surface area contributed by atoms with E-state index in [-0.39, 0.29) is 0 Å². The van der Waals surface area contributed by atoms with E-state index in [1.54, 1.807) is 0 Å². The molecule has 0 aliphatic heterocycles. The van der Waals surface area contributed by atoms with Gasteiger partial charge in [0, 0.05) is 5.92 Å². The van der Waals surface area contributed by atoms with E-state index in [1.165, 1.54) is 11.1 Å². The Balaban J connectivity index is 2.69. The largest absolute Gasteiger partial charge is 0.493 e. The van der Waals surface area contributed by atoms with E-state index >= 15 is 0 Å². The third-order valence-corrected chi connectivity index (χ3v) is 2.81. The molecule has 0 aliphatic carbocycles.